The Morgan fingerprint density at radius 1 is 1.09 bits per heavy atom. The molecule has 0 atom stereocenters. The van der Waals surface area contributed by atoms with Crippen molar-refractivity contribution in [3.8, 4) is 0 Å². The predicted molar refractivity (Wildman–Crippen MR) is 42.2 cm³/mol. The Morgan fingerprint density at radius 3 is 1.82 bits per heavy atom. The first-order chi connectivity index (χ1) is 4.99. The molecular weight excluding hydrogens is 211 g/mol. The SMILES string of the molecule is C[CH2][Ga]([CH2]C)[CH2]CC(F)(F)F. The van der Waals surface area contributed by atoms with Crippen LogP contribution < -0.4 is 0 Å². The van der Waals surface area contributed by atoms with Crippen LogP contribution >= 0.6 is 0 Å². The van der Waals surface area contributed by atoms with Gasteiger partial charge in [0.1, 0.15) is 0 Å². The van der Waals surface area contributed by atoms with E-state index in [4.69, 9.17) is 0 Å². The average Bonchev–Trinajstić information content (AvgIpc) is 1.88. The van der Waals surface area contributed by atoms with Crippen molar-refractivity contribution in [2.75, 3.05) is 0 Å². The molecule has 0 heterocycles. The van der Waals surface area contributed by atoms with Gasteiger partial charge in [-0.1, -0.05) is 0 Å². The van der Waals surface area contributed by atoms with Gasteiger partial charge in [0.15, 0.2) is 0 Å². The van der Waals surface area contributed by atoms with Crippen molar-refractivity contribution in [3.05, 3.63) is 0 Å². The van der Waals surface area contributed by atoms with Gasteiger partial charge in [0.2, 0.25) is 0 Å². The zero-order valence-electron chi connectivity index (χ0n) is 7.04. The van der Waals surface area contributed by atoms with Crippen LogP contribution in [0.1, 0.15) is 20.3 Å². The molecule has 11 heavy (non-hydrogen) atoms. The topological polar surface area (TPSA) is 0 Å². The van der Waals surface area contributed by atoms with Crippen LogP contribution in [0.5, 0.6) is 0 Å². The standard InChI is InChI=1S/C3H4F3.2C2H5.Ga/c1-2-3(4,5)6;2*1-2;/h1-2H2;2*1H2,2H3;. The Hall–Kier alpha value is 0.426. The van der Waals surface area contributed by atoms with E-state index < -0.39 is 28.8 Å². The minimum atomic E-state index is -3.92. The summed E-state index contributed by atoms with van der Waals surface area (Å²) in [6.45, 7) is 4.04. The first-order valence-electron chi connectivity index (χ1n) is 4.06. The van der Waals surface area contributed by atoms with Gasteiger partial charge in [-0.2, -0.15) is 0 Å². The fraction of sp³-hybridized carbons (Fsp3) is 1.00. The Labute approximate surface area is 71.2 Å². The van der Waals surface area contributed by atoms with Gasteiger partial charge in [0, 0.05) is 0 Å². The van der Waals surface area contributed by atoms with Crippen LogP contribution in [0.25, 0.3) is 0 Å². The summed E-state index contributed by atoms with van der Waals surface area (Å²) in [7, 11) is 0. The zero-order valence-corrected chi connectivity index (χ0v) is 9.46. The monoisotopic (exact) mass is 224 g/mol. The first-order valence-corrected chi connectivity index (χ1v) is 9.20. The second-order valence-corrected chi connectivity index (χ2v) is 11.1. The van der Waals surface area contributed by atoms with Gasteiger partial charge in [0.25, 0.3) is 0 Å². The summed E-state index contributed by atoms with van der Waals surface area (Å²) >= 11 is -1.45. The van der Waals surface area contributed by atoms with E-state index in [1.54, 1.807) is 0 Å². The molecule has 0 saturated heterocycles. The summed E-state index contributed by atoms with van der Waals surface area (Å²) in [5, 5.41) is 0. The normalized spacial score (nSPS) is 11.7. The van der Waals surface area contributed by atoms with Gasteiger partial charge in [-0.3, -0.25) is 0 Å². The maximum atomic E-state index is 11.7. The molecule has 0 bridgehead atoms. The van der Waals surface area contributed by atoms with Gasteiger partial charge in [-0.25, -0.2) is 0 Å². The van der Waals surface area contributed by atoms with Gasteiger partial charge >= 0.3 is 70.8 Å². The molecule has 0 fully saturated rings. The van der Waals surface area contributed by atoms with Gasteiger partial charge in [-0.05, 0) is 0 Å². The van der Waals surface area contributed by atoms with E-state index in [0.29, 0.717) is 4.98 Å². The number of halogens is 3. The quantitative estimate of drug-likeness (QED) is 0.642. The third kappa shape index (κ3) is 6.81. The summed E-state index contributed by atoms with van der Waals surface area (Å²) in [6.07, 6.45) is -4.47. The van der Waals surface area contributed by atoms with Crippen molar-refractivity contribution in [2.24, 2.45) is 0 Å². The van der Waals surface area contributed by atoms with Crippen molar-refractivity contribution >= 4 is 16.2 Å². The molecule has 0 saturated carbocycles. The second-order valence-electron chi connectivity index (χ2n) is 2.84. The summed E-state index contributed by atoms with van der Waals surface area (Å²) in [4.78, 5) is 2.56. The Kier molecular flexibility index (Phi) is 5.34. The molecule has 0 aromatic heterocycles. The molecular formula is C7H14F3Ga. The van der Waals surface area contributed by atoms with Gasteiger partial charge in [-0.15, -0.1) is 0 Å². The number of hydrogen-bond donors (Lipinski definition) is 0. The van der Waals surface area contributed by atoms with E-state index in [1.807, 2.05) is 13.8 Å². The molecule has 0 nitrogen and oxygen atoms in total. The molecule has 0 rings (SSSR count). The minimum absolute atomic E-state index is 0.476. The summed E-state index contributed by atoms with van der Waals surface area (Å²) < 4.78 is 35.2. The van der Waals surface area contributed by atoms with Crippen LogP contribution in [-0.2, 0) is 0 Å². The maximum absolute atomic E-state index is 11.7. The van der Waals surface area contributed by atoms with Gasteiger partial charge < -0.3 is 0 Å². The molecule has 0 unspecified atom stereocenters. The van der Waals surface area contributed by atoms with Crippen molar-refractivity contribution in [1.82, 2.24) is 0 Å². The number of hydrogen-bond acceptors (Lipinski definition) is 0. The van der Waals surface area contributed by atoms with Crippen molar-refractivity contribution in [3.63, 3.8) is 0 Å². The third-order valence-electron chi connectivity index (χ3n) is 1.99. The Bertz CT molecular complexity index is 96.3. The van der Waals surface area contributed by atoms with Crippen molar-refractivity contribution in [1.29, 1.82) is 0 Å². The summed E-state index contributed by atoms with van der Waals surface area (Å²) in [6, 6.07) is 0. The second kappa shape index (κ2) is 5.14. The van der Waals surface area contributed by atoms with E-state index in [2.05, 4.69) is 0 Å². The Balaban J connectivity index is 3.51. The van der Waals surface area contributed by atoms with E-state index in [9.17, 15) is 13.2 Å². The van der Waals surface area contributed by atoms with Crippen molar-refractivity contribution in [2.45, 2.75) is 41.4 Å². The van der Waals surface area contributed by atoms with Gasteiger partial charge in [0.05, 0.1) is 0 Å². The molecule has 0 aliphatic rings. The molecule has 0 aliphatic carbocycles. The molecule has 0 amide bonds. The molecule has 0 radical (unpaired) electrons. The molecule has 0 N–H and O–H groups in total. The summed E-state index contributed by atoms with van der Waals surface area (Å²) in [5.74, 6) is 0. The fourth-order valence-corrected chi connectivity index (χ4v) is 5.53. The Morgan fingerprint density at radius 2 is 1.55 bits per heavy atom. The average molecular weight is 225 g/mol. The molecule has 0 spiro atoms. The molecule has 0 aromatic carbocycles. The van der Waals surface area contributed by atoms with Crippen LogP contribution in [0.3, 0.4) is 0 Å². The molecule has 4 heteroatoms. The van der Waals surface area contributed by atoms with Crippen LogP contribution in [0.2, 0.25) is 14.9 Å². The number of alkyl halides is 3. The van der Waals surface area contributed by atoms with Crippen LogP contribution in [0, 0.1) is 0 Å². The molecule has 0 aromatic rings. The zero-order chi connectivity index (χ0) is 8.91. The molecule has 0 aliphatic heterocycles. The van der Waals surface area contributed by atoms with Crippen LogP contribution in [-0.4, -0.2) is 22.4 Å². The molecule has 66 valence electrons. The van der Waals surface area contributed by atoms with Crippen molar-refractivity contribution < 1.29 is 13.2 Å². The first kappa shape index (κ1) is 11.4. The fourth-order valence-electron chi connectivity index (χ4n) is 1.06. The van der Waals surface area contributed by atoms with E-state index in [-0.39, 0.29) is 0 Å². The predicted octanol–water partition coefficient (Wildman–Crippen LogP) is 3.47. The third-order valence-corrected chi connectivity index (χ3v) is 9.15. The number of rotatable bonds is 4. The summed E-state index contributed by atoms with van der Waals surface area (Å²) in [5.41, 5.74) is 0. The van der Waals surface area contributed by atoms with Crippen LogP contribution in [0.4, 0.5) is 13.2 Å². The van der Waals surface area contributed by atoms with Crippen LogP contribution in [0.15, 0.2) is 0 Å². The van der Waals surface area contributed by atoms with E-state index in [1.165, 1.54) is 0 Å². The van der Waals surface area contributed by atoms with E-state index >= 15 is 0 Å². The van der Waals surface area contributed by atoms with E-state index in [0.717, 1.165) is 9.95 Å².